The van der Waals surface area contributed by atoms with Gasteiger partial charge in [-0.05, 0) is 44.7 Å². The third-order valence-electron chi connectivity index (χ3n) is 4.30. The predicted octanol–water partition coefficient (Wildman–Crippen LogP) is 2.64. The van der Waals surface area contributed by atoms with Crippen LogP contribution in [0.25, 0.3) is 0 Å². The van der Waals surface area contributed by atoms with Crippen molar-refractivity contribution in [1.82, 2.24) is 10.2 Å². The number of hydrogen-bond acceptors (Lipinski definition) is 5. The fraction of sp³-hybridized carbons (Fsp3) is 0.722. The molecule has 1 aliphatic heterocycles. The number of rotatable bonds is 6. The van der Waals surface area contributed by atoms with Crippen LogP contribution in [0.3, 0.4) is 0 Å². The van der Waals surface area contributed by atoms with E-state index in [-0.39, 0.29) is 12.1 Å². The summed E-state index contributed by atoms with van der Waals surface area (Å²) in [6.07, 6.45) is 1.48. The Labute approximate surface area is 144 Å². The average Bonchev–Trinajstić information content (AvgIpc) is 2.98. The fourth-order valence-electron chi connectivity index (χ4n) is 2.75. The lowest BCUT2D eigenvalue weighted by Gasteiger charge is -2.33. The lowest BCUT2D eigenvalue weighted by Crippen LogP contribution is -2.48. The van der Waals surface area contributed by atoms with Gasteiger partial charge in [-0.1, -0.05) is 13.8 Å². The molecule has 1 atom stereocenters. The lowest BCUT2D eigenvalue weighted by atomic mass is 10.0. The molecule has 0 bridgehead atoms. The molecule has 0 aromatic carbocycles. The molecule has 24 heavy (non-hydrogen) atoms. The maximum Gasteiger partial charge on any atom is 0.409 e. The van der Waals surface area contributed by atoms with E-state index < -0.39 is 5.60 Å². The Kier molecular flexibility index (Phi) is 6.29. The summed E-state index contributed by atoms with van der Waals surface area (Å²) in [5.41, 5.74) is -1.04. The zero-order valence-electron chi connectivity index (χ0n) is 15.2. The van der Waals surface area contributed by atoms with Crippen molar-refractivity contribution in [2.24, 2.45) is 5.92 Å². The molecule has 2 N–H and O–H groups in total. The molecule has 1 aliphatic rings. The quantitative estimate of drug-likeness (QED) is 0.834. The molecule has 0 spiro atoms. The molecule has 6 nitrogen and oxygen atoms in total. The zero-order chi connectivity index (χ0) is 17.7. The minimum absolute atomic E-state index is 0.222. The van der Waals surface area contributed by atoms with E-state index in [4.69, 9.17) is 9.15 Å². The van der Waals surface area contributed by atoms with Gasteiger partial charge in [0.1, 0.15) is 17.1 Å². The summed E-state index contributed by atoms with van der Waals surface area (Å²) >= 11 is 0. The van der Waals surface area contributed by atoms with Gasteiger partial charge in [-0.15, -0.1) is 0 Å². The Hall–Kier alpha value is -1.53. The number of aryl methyl sites for hydroxylation is 1. The summed E-state index contributed by atoms with van der Waals surface area (Å²) in [6.45, 7) is 9.89. The highest BCUT2D eigenvalue weighted by atomic mass is 16.6. The van der Waals surface area contributed by atoms with Gasteiger partial charge in [0.2, 0.25) is 0 Å². The van der Waals surface area contributed by atoms with Gasteiger partial charge in [-0.25, -0.2) is 4.79 Å². The Balaban J connectivity index is 1.74. The topological polar surface area (TPSA) is 74.9 Å². The monoisotopic (exact) mass is 338 g/mol. The summed E-state index contributed by atoms with van der Waals surface area (Å²) in [5.74, 6) is 1.71. The number of carbonyl (C=O) groups excluding carboxylic acids is 1. The van der Waals surface area contributed by atoms with Crippen LogP contribution in [0.15, 0.2) is 16.5 Å². The van der Waals surface area contributed by atoms with Crippen LogP contribution in [0.2, 0.25) is 0 Å². The van der Waals surface area contributed by atoms with Crippen molar-refractivity contribution >= 4 is 6.09 Å². The van der Waals surface area contributed by atoms with Gasteiger partial charge >= 0.3 is 6.09 Å². The van der Waals surface area contributed by atoms with E-state index in [1.54, 1.807) is 11.8 Å². The van der Waals surface area contributed by atoms with Crippen molar-refractivity contribution in [3.63, 3.8) is 0 Å². The molecule has 2 rings (SSSR count). The SMILES string of the molecule is Cc1ccc(C(C)(O)CNC2CCN(C(=O)OCC(C)C)CC2)o1. The van der Waals surface area contributed by atoms with Gasteiger partial charge in [0.25, 0.3) is 0 Å². The summed E-state index contributed by atoms with van der Waals surface area (Å²) in [4.78, 5) is 13.7. The number of nitrogens with one attached hydrogen (secondary N) is 1. The summed E-state index contributed by atoms with van der Waals surface area (Å²) in [6, 6.07) is 3.94. The minimum atomic E-state index is -1.04. The largest absolute Gasteiger partial charge is 0.463 e. The van der Waals surface area contributed by atoms with Crippen LogP contribution in [-0.4, -0.2) is 48.4 Å². The molecule has 1 unspecified atom stereocenters. The maximum atomic E-state index is 11.9. The lowest BCUT2D eigenvalue weighted by molar-refractivity contribution is 0.0273. The molecule has 0 radical (unpaired) electrons. The first-order chi connectivity index (χ1) is 11.3. The zero-order valence-corrected chi connectivity index (χ0v) is 15.2. The van der Waals surface area contributed by atoms with Gasteiger partial charge in [-0.3, -0.25) is 0 Å². The Morgan fingerprint density at radius 2 is 2.12 bits per heavy atom. The third kappa shape index (κ3) is 5.24. The Morgan fingerprint density at radius 3 is 2.67 bits per heavy atom. The normalized spacial score (nSPS) is 18.7. The Morgan fingerprint density at radius 1 is 1.46 bits per heavy atom. The summed E-state index contributed by atoms with van der Waals surface area (Å²) in [5, 5.41) is 13.9. The number of likely N-dealkylation sites (tertiary alicyclic amines) is 1. The molecule has 6 heteroatoms. The highest BCUT2D eigenvalue weighted by Crippen LogP contribution is 2.23. The highest BCUT2D eigenvalue weighted by molar-refractivity contribution is 5.67. The number of ether oxygens (including phenoxy) is 1. The highest BCUT2D eigenvalue weighted by Gasteiger charge is 2.29. The second-order valence-corrected chi connectivity index (χ2v) is 7.30. The number of hydrogen-bond donors (Lipinski definition) is 2. The van der Waals surface area contributed by atoms with E-state index in [2.05, 4.69) is 5.32 Å². The number of amides is 1. The first kappa shape index (κ1) is 18.8. The fourth-order valence-corrected chi connectivity index (χ4v) is 2.75. The van der Waals surface area contributed by atoms with Crippen LogP contribution in [0.4, 0.5) is 4.79 Å². The van der Waals surface area contributed by atoms with Gasteiger partial charge < -0.3 is 24.5 Å². The summed E-state index contributed by atoms with van der Waals surface area (Å²) in [7, 11) is 0. The standard InChI is InChI=1S/C18H30N2O4/c1-13(2)11-23-17(21)20-9-7-15(8-10-20)19-12-18(4,22)16-6-5-14(3)24-16/h5-6,13,15,19,22H,7-12H2,1-4H3. The van der Waals surface area contributed by atoms with Crippen molar-refractivity contribution in [1.29, 1.82) is 0 Å². The van der Waals surface area contributed by atoms with Crippen LogP contribution in [0.1, 0.15) is 45.1 Å². The number of nitrogens with zero attached hydrogens (tertiary/aromatic N) is 1. The number of carbonyl (C=O) groups is 1. The van der Waals surface area contributed by atoms with Crippen molar-refractivity contribution < 1.29 is 19.1 Å². The molecule has 2 heterocycles. The van der Waals surface area contributed by atoms with Gasteiger partial charge in [0, 0.05) is 25.7 Å². The molecule has 0 saturated carbocycles. The number of aliphatic hydroxyl groups is 1. The van der Waals surface area contributed by atoms with E-state index in [9.17, 15) is 9.90 Å². The van der Waals surface area contributed by atoms with Crippen LogP contribution in [0, 0.1) is 12.8 Å². The maximum absolute atomic E-state index is 11.9. The van der Waals surface area contributed by atoms with E-state index in [0.29, 0.717) is 37.9 Å². The van der Waals surface area contributed by atoms with Gasteiger partial charge in [-0.2, -0.15) is 0 Å². The average molecular weight is 338 g/mol. The van der Waals surface area contributed by atoms with Crippen LogP contribution < -0.4 is 5.32 Å². The first-order valence-corrected chi connectivity index (χ1v) is 8.72. The van der Waals surface area contributed by atoms with Gasteiger partial charge in [0.05, 0.1) is 6.61 Å². The predicted molar refractivity (Wildman–Crippen MR) is 91.8 cm³/mol. The smallest absolute Gasteiger partial charge is 0.409 e. The number of piperidine rings is 1. The Bertz CT molecular complexity index is 531. The van der Waals surface area contributed by atoms with Crippen molar-refractivity contribution in [2.75, 3.05) is 26.2 Å². The molecule has 1 aromatic rings. The summed E-state index contributed by atoms with van der Waals surface area (Å²) < 4.78 is 10.8. The molecule has 1 saturated heterocycles. The van der Waals surface area contributed by atoms with E-state index in [1.165, 1.54) is 0 Å². The van der Waals surface area contributed by atoms with Gasteiger partial charge in [0.15, 0.2) is 0 Å². The number of furan rings is 1. The third-order valence-corrected chi connectivity index (χ3v) is 4.30. The minimum Gasteiger partial charge on any atom is -0.463 e. The molecule has 1 fully saturated rings. The molecule has 1 aromatic heterocycles. The van der Waals surface area contributed by atoms with E-state index in [1.807, 2.05) is 32.9 Å². The van der Waals surface area contributed by atoms with Crippen molar-refractivity contribution in [3.05, 3.63) is 23.7 Å². The van der Waals surface area contributed by atoms with Crippen molar-refractivity contribution in [2.45, 2.75) is 52.2 Å². The van der Waals surface area contributed by atoms with E-state index in [0.717, 1.165) is 18.6 Å². The van der Waals surface area contributed by atoms with Crippen LogP contribution >= 0.6 is 0 Å². The van der Waals surface area contributed by atoms with Crippen LogP contribution in [0.5, 0.6) is 0 Å². The molecule has 0 aliphatic carbocycles. The van der Waals surface area contributed by atoms with E-state index >= 15 is 0 Å². The van der Waals surface area contributed by atoms with Crippen molar-refractivity contribution in [3.8, 4) is 0 Å². The first-order valence-electron chi connectivity index (χ1n) is 8.72. The van der Waals surface area contributed by atoms with Crippen LogP contribution in [-0.2, 0) is 10.3 Å². The molecule has 136 valence electrons. The molecular weight excluding hydrogens is 308 g/mol. The molecular formula is C18H30N2O4. The second-order valence-electron chi connectivity index (χ2n) is 7.30. The second kappa shape index (κ2) is 8.03. The molecule has 1 amide bonds.